The molecule has 1 saturated carbocycles. The van der Waals surface area contributed by atoms with Gasteiger partial charge >= 0.3 is 0 Å². The fourth-order valence-electron chi connectivity index (χ4n) is 3.54. The Kier molecular flexibility index (Phi) is 3.31. The number of nitrogens with zero attached hydrogens (tertiary/aromatic N) is 1. The Labute approximate surface area is 115 Å². The molecular formula is C16H22N2O. The standard InChI is InChI=1S/C16H22N2O/c1-11-5-3-7-13(9-11)18(2)16(19)15-10-12-6-4-8-14(12)17-15/h3,5,7,9,12,14-15,17H,4,6,8,10H2,1-2H3. The van der Waals surface area contributed by atoms with Gasteiger partial charge in [-0.15, -0.1) is 0 Å². The minimum Gasteiger partial charge on any atom is -0.314 e. The molecule has 2 fully saturated rings. The van der Waals surface area contributed by atoms with Crippen molar-refractivity contribution in [2.75, 3.05) is 11.9 Å². The van der Waals surface area contributed by atoms with E-state index >= 15 is 0 Å². The molecule has 3 nitrogen and oxygen atoms in total. The molecule has 19 heavy (non-hydrogen) atoms. The Morgan fingerprint density at radius 2 is 2.21 bits per heavy atom. The molecule has 1 N–H and O–H groups in total. The zero-order valence-electron chi connectivity index (χ0n) is 11.7. The molecule has 1 aromatic carbocycles. The van der Waals surface area contributed by atoms with Crippen LogP contribution < -0.4 is 10.2 Å². The van der Waals surface area contributed by atoms with Crippen LogP contribution in [0.15, 0.2) is 24.3 Å². The first-order chi connectivity index (χ1) is 9.15. The second-order valence-electron chi connectivity index (χ2n) is 5.99. The number of hydrogen-bond donors (Lipinski definition) is 1. The summed E-state index contributed by atoms with van der Waals surface area (Å²) >= 11 is 0. The van der Waals surface area contributed by atoms with Gasteiger partial charge in [0.2, 0.25) is 5.91 Å². The first-order valence-corrected chi connectivity index (χ1v) is 7.25. The van der Waals surface area contributed by atoms with Crippen molar-refractivity contribution in [1.29, 1.82) is 0 Å². The minimum atomic E-state index is 0.0146. The van der Waals surface area contributed by atoms with Gasteiger partial charge in [-0.25, -0.2) is 0 Å². The quantitative estimate of drug-likeness (QED) is 0.884. The summed E-state index contributed by atoms with van der Waals surface area (Å²) in [6, 6.07) is 8.72. The first-order valence-electron chi connectivity index (χ1n) is 7.25. The minimum absolute atomic E-state index is 0.0146. The molecule has 102 valence electrons. The molecule has 1 heterocycles. The molecule has 0 bridgehead atoms. The molecule has 1 saturated heterocycles. The highest BCUT2D eigenvalue weighted by molar-refractivity contribution is 5.97. The Hall–Kier alpha value is -1.35. The van der Waals surface area contributed by atoms with Crippen LogP contribution in [0.5, 0.6) is 0 Å². The maximum atomic E-state index is 12.6. The summed E-state index contributed by atoms with van der Waals surface area (Å²) in [5.74, 6) is 0.930. The van der Waals surface area contributed by atoms with Crippen molar-refractivity contribution < 1.29 is 4.79 Å². The first kappa shape index (κ1) is 12.7. The third-order valence-corrected chi connectivity index (χ3v) is 4.63. The molecule has 2 aliphatic rings. The maximum absolute atomic E-state index is 12.6. The van der Waals surface area contributed by atoms with Crippen LogP contribution in [-0.2, 0) is 4.79 Å². The van der Waals surface area contributed by atoms with Gasteiger partial charge < -0.3 is 10.2 Å². The topological polar surface area (TPSA) is 32.3 Å². The van der Waals surface area contributed by atoms with Crippen molar-refractivity contribution in [2.45, 2.75) is 44.7 Å². The summed E-state index contributed by atoms with van der Waals surface area (Å²) in [5, 5.41) is 3.53. The number of fused-ring (bicyclic) bond motifs is 1. The highest BCUT2D eigenvalue weighted by Gasteiger charge is 2.40. The van der Waals surface area contributed by atoms with Crippen LogP contribution in [0.25, 0.3) is 0 Å². The Morgan fingerprint density at radius 1 is 1.37 bits per heavy atom. The average Bonchev–Trinajstić information content (AvgIpc) is 2.97. The fourth-order valence-corrected chi connectivity index (χ4v) is 3.54. The van der Waals surface area contributed by atoms with E-state index in [4.69, 9.17) is 0 Å². The monoisotopic (exact) mass is 258 g/mol. The summed E-state index contributed by atoms with van der Waals surface area (Å²) in [6.45, 7) is 2.06. The van der Waals surface area contributed by atoms with E-state index in [9.17, 15) is 4.79 Å². The molecule has 3 heteroatoms. The second kappa shape index (κ2) is 4.97. The van der Waals surface area contributed by atoms with Gasteiger partial charge in [0.15, 0.2) is 0 Å². The lowest BCUT2D eigenvalue weighted by Crippen LogP contribution is -2.43. The van der Waals surface area contributed by atoms with Gasteiger partial charge in [-0.05, 0) is 49.8 Å². The van der Waals surface area contributed by atoms with Crippen molar-refractivity contribution in [3.05, 3.63) is 29.8 Å². The number of rotatable bonds is 2. The van der Waals surface area contributed by atoms with Crippen molar-refractivity contribution in [3.63, 3.8) is 0 Å². The molecule has 0 aromatic heterocycles. The van der Waals surface area contributed by atoms with Crippen molar-refractivity contribution in [3.8, 4) is 0 Å². The van der Waals surface area contributed by atoms with E-state index in [0.29, 0.717) is 6.04 Å². The number of likely N-dealkylation sites (N-methyl/N-ethyl adjacent to an activating group) is 1. The maximum Gasteiger partial charge on any atom is 0.243 e. The van der Waals surface area contributed by atoms with Gasteiger partial charge in [0.05, 0.1) is 6.04 Å². The Balaban J connectivity index is 1.70. The van der Waals surface area contributed by atoms with E-state index in [1.807, 2.05) is 19.2 Å². The van der Waals surface area contributed by atoms with E-state index < -0.39 is 0 Å². The molecule has 3 atom stereocenters. The average molecular weight is 258 g/mol. The van der Waals surface area contributed by atoms with Gasteiger partial charge in [-0.1, -0.05) is 18.6 Å². The van der Waals surface area contributed by atoms with E-state index in [-0.39, 0.29) is 11.9 Å². The van der Waals surface area contributed by atoms with Crippen LogP contribution in [0.1, 0.15) is 31.2 Å². The lowest BCUT2D eigenvalue weighted by molar-refractivity contribution is -0.120. The predicted molar refractivity (Wildman–Crippen MR) is 77.3 cm³/mol. The lowest BCUT2D eigenvalue weighted by Gasteiger charge is -2.22. The normalized spacial score (nSPS) is 29.3. The fraction of sp³-hybridized carbons (Fsp3) is 0.562. The molecular weight excluding hydrogens is 236 g/mol. The molecule has 3 rings (SSSR count). The largest absolute Gasteiger partial charge is 0.314 e. The molecule has 1 amide bonds. The van der Waals surface area contributed by atoms with Crippen molar-refractivity contribution >= 4 is 11.6 Å². The highest BCUT2D eigenvalue weighted by atomic mass is 16.2. The summed E-state index contributed by atoms with van der Waals surface area (Å²) in [4.78, 5) is 14.3. The number of carbonyl (C=O) groups is 1. The zero-order chi connectivity index (χ0) is 13.4. The van der Waals surface area contributed by atoms with Crippen LogP contribution in [0.3, 0.4) is 0 Å². The summed E-state index contributed by atoms with van der Waals surface area (Å²) in [5.41, 5.74) is 2.18. The number of amides is 1. The smallest absolute Gasteiger partial charge is 0.243 e. The van der Waals surface area contributed by atoms with Gasteiger partial charge in [-0.3, -0.25) is 4.79 Å². The van der Waals surface area contributed by atoms with Crippen LogP contribution in [0.2, 0.25) is 0 Å². The zero-order valence-corrected chi connectivity index (χ0v) is 11.7. The van der Waals surface area contributed by atoms with Gasteiger partial charge in [0.1, 0.15) is 0 Å². The molecule has 3 unspecified atom stereocenters. The number of carbonyl (C=O) groups excluding carboxylic acids is 1. The molecule has 1 aliphatic carbocycles. The Bertz CT molecular complexity index is 473. The van der Waals surface area contributed by atoms with Gasteiger partial charge in [-0.2, -0.15) is 0 Å². The van der Waals surface area contributed by atoms with Gasteiger partial charge in [0.25, 0.3) is 0 Å². The molecule has 0 spiro atoms. The van der Waals surface area contributed by atoms with Crippen molar-refractivity contribution in [2.24, 2.45) is 5.92 Å². The predicted octanol–water partition coefficient (Wildman–Crippen LogP) is 2.49. The van der Waals surface area contributed by atoms with E-state index in [2.05, 4.69) is 24.4 Å². The van der Waals surface area contributed by atoms with Crippen LogP contribution in [-0.4, -0.2) is 25.0 Å². The number of aryl methyl sites for hydroxylation is 1. The third-order valence-electron chi connectivity index (χ3n) is 4.63. The SMILES string of the molecule is Cc1cccc(N(C)C(=O)C2CC3CCCC3N2)c1. The summed E-state index contributed by atoms with van der Waals surface area (Å²) in [6.07, 6.45) is 4.86. The summed E-state index contributed by atoms with van der Waals surface area (Å²) < 4.78 is 0. The number of anilines is 1. The highest BCUT2D eigenvalue weighted by Crippen LogP contribution is 2.35. The molecule has 1 aliphatic heterocycles. The van der Waals surface area contributed by atoms with E-state index in [1.54, 1.807) is 4.90 Å². The van der Waals surface area contributed by atoms with Crippen LogP contribution in [0, 0.1) is 12.8 Å². The number of nitrogens with one attached hydrogen (secondary N) is 1. The molecule has 1 aromatic rings. The van der Waals surface area contributed by atoms with E-state index in [1.165, 1.54) is 24.8 Å². The lowest BCUT2D eigenvalue weighted by atomic mass is 10.0. The van der Waals surface area contributed by atoms with Crippen LogP contribution >= 0.6 is 0 Å². The van der Waals surface area contributed by atoms with Crippen LogP contribution in [0.4, 0.5) is 5.69 Å². The third kappa shape index (κ3) is 2.39. The van der Waals surface area contributed by atoms with E-state index in [0.717, 1.165) is 18.0 Å². The Morgan fingerprint density at radius 3 is 2.95 bits per heavy atom. The van der Waals surface area contributed by atoms with Crippen molar-refractivity contribution in [1.82, 2.24) is 5.32 Å². The second-order valence-corrected chi connectivity index (χ2v) is 5.99. The molecule has 0 radical (unpaired) electrons. The number of hydrogen-bond acceptors (Lipinski definition) is 2. The van der Waals surface area contributed by atoms with Gasteiger partial charge in [0, 0.05) is 18.8 Å². The summed E-state index contributed by atoms with van der Waals surface area (Å²) in [7, 11) is 1.88. The number of benzene rings is 1.